The number of carbonyl (C=O) groups is 3. The van der Waals surface area contributed by atoms with Gasteiger partial charge in [0.15, 0.2) is 5.78 Å². The number of ketones is 1. The molecule has 206 valence electrons. The molecule has 1 saturated heterocycles. The van der Waals surface area contributed by atoms with Gasteiger partial charge in [0, 0.05) is 35.8 Å². The van der Waals surface area contributed by atoms with Gasteiger partial charge in [-0.15, -0.1) is 0 Å². The van der Waals surface area contributed by atoms with Gasteiger partial charge in [0.2, 0.25) is 5.91 Å². The summed E-state index contributed by atoms with van der Waals surface area (Å²) in [6.07, 6.45) is 9.88. The number of likely N-dealkylation sites (tertiary alicyclic amines) is 1. The minimum absolute atomic E-state index is 0.0768. The lowest BCUT2D eigenvalue weighted by molar-refractivity contribution is -0.143. The van der Waals surface area contributed by atoms with Gasteiger partial charge in [0.05, 0.1) is 6.04 Å². The van der Waals surface area contributed by atoms with Crippen molar-refractivity contribution in [3.8, 4) is 0 Å². The van der Waals surface area contributed by atoms with Crippen molar-refractivity contribution in [1.82, 2.24) is 9.88 Å². The molecule has 3 aliphatic rings. The van der Waals surface area contributed by atoms with Crippen LogP contribution in [-0.2, 0) is 16.0 Å². The van der Waals surface area contributed by atoms with Crippen LogP contribution < -0.4 is 5.73 Å². The number of aromatic carboxylic acids is 1. The molecular weight excluding hydrogens is 485 g/mol. The molecule has 0 unspecified atom stereocenters. The van der Waals surface area contributed by atoms with Crippen molar-refractivity contribution in [2.24, 2.45) is 29.4 Å². The standard InChI is InChI=1S/C30H40FN3O4/c31-17-24(32)20-7-9-21(10-8-20)29(36)34-13-12-23(19-4-2-1-3-5-19)28(34)27(35)15-18-6-11-25-22(14-18)16-26(33-25)30(37)38/h6,11,14,16,19-21,23-24,28,33H,1-5,7-10,12-13,15,17,32H2,(H,37,38)/t20?,21?,23-,24+,28-/m0/s1. The van der Waals surface area contributed by atoms with E-state index in [0.717, 1.165) is 48.6 Å². The van der Waals surface area contributed by atoms with Crippen molar-refractivity contribution in [1.29, 1.82) is 0 Å². The van der Waals surface area contributed by atoms with Crippen molar-refractivity contribution in [2.75, 3.05) is 13.2 Å². The summed E-state index contributed by atoms with van der Waals surface area (Å²) in [5, 5.41) is 10.1. The fourth-order valence-electron chi connectivity index (χ4n) is 7.40. The molecule has 38 heavy (non-hydrogen) atoms. The van der Waals surface area contributed by atoms with Crippen molar-refractivity contribution in [3.05, 3.63) is 35.5 Å². The Labute approximate surface area is 223 Å². The third-order valence-electron chi connectivity index (χ3n) is 9.51. The Hall–Kier alpha value is -2.74. The summed E-state index contributed by atoms with van der Waals surface area (Å²) in [5.41, 5.74) is 7.61. The van der Waals surface area contributed by atoms with Crippen molar-refractivity contribution >= 4 is 28.6 Å². The van der Waals surface area contributed by atoms with Crippen LogP contribution in [-0.4, -0.2) is 58.0 Å². The van der Waals surface area contributed by atoms with Crippen LogP contribution in [0.1, 0.15) is 80.3 Å². The molecule has 0 bridgehead atoms. The van der Waals surface area contributed by atoms with Gasteiger partial charge < -0.3 is 20.7 Å². The van der Waals surface area contributed by atoms with E-state index in [2.05, 4.69) is 4.98 Å². The zero-order valence-corrected chi connectivity index (χ0v) is 22.0. The van der Waals surface area contributed by atoms with Gasteiger partial charge in [-0.25, -0.2) is 9.18 Å². The van der Waals surface area contributed by atoms with Crippen LogP contribution >= 0.6 is 0 Å². The molecule has 1 aromatic heterocycles. The smallest absolute Gasteiger partial charge is 0.352 e. The molecule has 2 saturated carbocycles. The van der Waals surface area contributed by atoms with E-state index < -0.39 is 24.7 Å². The fraction of sp³-hybridized carbons (Fsp3) is 0.633. The van der Waals surface area contributed by atoms with E-state index >= 15 is 0 Å². The highest BCUT2D eigenvalue weighted by Crippen LogP contribution is 2.41. The molecule has 8 heteroatoms. The molecule has 2 aliphatic carbocycles. The lowest BCUT2D eigenvalue weighted by atomic mass is 9.75. The Morgan fingerprint density at radius 3 is 2.45 bits per heavy atom. The molecule has 1 aromatic carbocycles. The SMILES string of the molecule is N[C@H](CF)C1CCC(C(=O)N2CC[C@@H](C3CCCCC3)[C@H]2C(=O)Cc2ccc3[nH]c(C(=O)O)cc3c2)CC1. The predicted molar refractivity (Wildman–Crippen MR) is 144 cm³/mol. The number of rotatable bonds is 8. The van der Waals surface area contributed by atoms with Crippen molar-refractivity contribution < 1.29 is 23.9 Å². The Morgan fingerprint density at radius 2 is 1.76 bits per heavy atom. The van der Waals surface area contributed by atoms with Gasteiger partial charge >= 0.3 is 5.97 Å². The zero-order chi connectivity index (χ0) is 26.8. The summed E-state index contributed by atoms with van der Waals surface area (Å²) in [6.45, 7) is 0.0976. The first-order valence-corrected chi connectivity index (χ1v) is 14.4. The molecule has 0 radical (unpaired) electrons. The second kappa shape index (κ2) is 11.6. The number of carboxylic acids is 1. The van der Waals surface area contributed by atoms with E-state index in [1.807, 2.05) is 23.1 Å². The Bertz CT molecular complexity index is 1170. The summed E-state index contributed by atoms with van der Waals surface area (Å²) < 4.78 is 13.1. The molecule has 1 aliphatic heterocycles. The van der Waals surface area contributed by atoms with E-state index in [1.165, 1.54) is 19.3 Å². The number of alkyl halides is 1. The topological polar surface area (TPSA) is 116 Å². The number of fused-ring (bicyclic) bond motifs is 1. The first kappa shape index (κ1) is 26.9. The average molecular weight is 526 g/mol. The van der Waals surface area contributed by atoms with Crippen LogP contribution in [0.25, 0.3) is 10.9 Å². The van der Waals surface area contributed by atoms with Gasteiger partial charge in [0.25, 0.3) is 0 Å². The minimum atomic E-state index is -1.02. The number of carboxylic acid groups (broad SMARTS) is 1. The summed E-state index contributed by atoms with van der Waals surface area (Å²) in [4.78, 5) is 43.9. The zero-order valence-electron chi connectivity index (χ0n) is 22.0. The molecule has 3 atom stereocenters. The number of Topliss-reactive ketones (excluding diaryl/α,β-unsaturated/α-hetero) is 1. The quantitative estimate of drug-likeness (QED) is 0.454. The van der Waals surface area contributed by atoms with Crippen LogP contribution in [0.5, 0.6) is 0 Å². The van der Waals surface area contributed by atoms with Crippen LogP contribution in [0.3, 0.4) is 0 Å². The molecule has 4 N–H and O–H groups in total. The summed E-state index contributed by atoms with van der Waals surface area (Å²) in [7, 11) is 0. The number of nitrogens with one attached hydrogen (secondary N) is 1. The molecular formula is C30H40FN3O4. The van der Waals surface area contributed by atoms with Gasteiger partial charge in [-0.05, 0) is 73.6 Å². The molecule has 3 fully saturated rings. The molecule has 1 amide bonds. The highest BCUT2D eigenvalue weighted by atomic mass is 19.1. The van der Waals surface area contributed by atoms with E-state index in [1.54, 1.807) is 6.07 Å². The maximum atomic E-state index is 13.9. The minimum Gasteiger partial charge on any atom is -0.477 e. The summed E-state index contributed by atoms with van der Waals surface area (Å²) in [6, 6.07) is 6.30. The van der Waals surface area contributed by atoms with Crippen molar-refractivity contribution in [3.63, 3.8) is 0 Å². The van der Waals surface area contributed by atoms with Crippen LogP contribution in [0.4, 0.5) is 4.39 Å². The largest absolute Gasteiger partial charge is 0.477 e. The second-order valence-electron chi connectivity index (χ2n) is 11.8. The number of halogens is 1. The number of nitrogens with zero attached hydrogens (tertiary/aromatic N) is 1. The van der Waals surface area contributed by atoms with Gasteiger partial charge in [-0.2, -0.15) is 0 Å². The number of aromatic nitrogens is 1. The van der Waals surface area contributed by atoms with E-state index in [-0.39, 0.29) is 41.6 Å². The summed E-state index contributed by atoms with van der Waals surface area (Å²) >= 11 is 0. The molecule has 2 heterocycles. The van der Waals surface area contributed by atoms with Gasteiger partial charge in [-0.1, -0.05) is 38.2 Å². The van der Waals surface area contributed by atoms with Crippen LogP contribution in [0.15, 0.2) is 24.3 Å². The van der Waals surface area contributed by atoms with Crippen molar-refractivity contribution in [2.45, 2.75) is 82.7 Å². The third-order valence-corrected chi connectivity index (χ3v) is 9.51. The number of carbonyl (C=O) groups excluding carboxylic acids is 2. The first-order valence-electron chi connectivity index (χ1n) is 14.4. The number of nitrogens with two attached hydrogens (primary N) is 1. The predicted octanol–water partition coefficient (Wildman–Crippen LogP) is 4.88. The van der Waals surface area contributed by atoms with E-state index in [0.29, 0.717) is 25.3 Å². The molecule has 5 rings (SSSR count). The highest BCUT2D eigenvalue weighted by Gasteiger charge is 2.46. The molecule has 7 nitrogen and oxygen atoms in total. The van der Waals surface area contributed by atoms with E-state index in [4.69, 9.17) is 5.73 Å². The van der Waals surface area contributed by atoms with E-state index in [9.17, 15) is 23.9 Å². The van der Waals surface area contributed by atoms with Crippen LogP contribution in [0.2, 0.25) is 0 Å². The third kappa shape index (κ3) is 5.51. The first-order chi connectivity index (χ1) is 18.4. The lowest BCUT2D eigenvalue weighted by Gasteiger charge is -2.37. The number of hydrogen-bond acceptors (Lipinski definition) is 4. The van der Waals surface area contributed by atoms with Crippen LogP contribution in [0, 0.1) is 23.7 Å². The molecule has 2 aromatic rings. The van der Waals surface area contributed by atoms with Gasteiger partial charge in [-0.3, -0.25) is 9.59 Å². The lowest BCUT2D eigenvalue weighted by Crippen LogP contribution is -2.48. The fourth-order valence-corrected chi connectivity index (χ4v) is 7.40. The maximum absolute atomic E-state index is 13.9. The normalized spacial score (nSPS) is 27.5. The Morgan fingerprint density at radius 1 is 1.03 bits per heavy atom. The number of aromatic amines is 1. The Kier molecular flexibility index (Phi) is 8.17. The second-order valence-corrected chi connectivity index (χ2v) is 11.8. The number of H-pyrrole nitrogens is 1. The Balaban J connectivity index is 1.34. The highest BCUT2D eigenvalue weighted by molar-refractivity contribution is 5.95. The summed E-state index contributed by atoms with van der Waals surface area (Å²) in [5.74, 6) is -0.190. The number of hydrogen-bond donors (Lipinski definition) is 3. The number of benzene rings is 1. The average Bonchev–Trinajstić information content (AvgIpc) is 3.58. The van der Waals surface area contributed by atoms with Gasteiger partial charge in [0.1, 0.15) is 12.4 Å². The monoisotopic (exact) mass is 525 g/mol. The molecule has 0 spiro atoms. The maximum Gasteiger partial charge on any atom is 0.352 e. The number of amides is 1.